The monoisotopic (exact) mass is 905 g/mol. The number of aromatic nitrogens is 2. The molecule has 14 nitrogen and oxygen atoms in total. The van der Waals surface area contributed by atoms with Crippen LogP contribution in [0.1, 0.15) is 193 Å². The maximum absolute atomic E-state index is 12.8. The highest BCUT2D eigenvalue weighted by Gasteiger charge is 2.26. The fourth-order valence-electron chi connectivity index (χ4n) is 10.1. The molecule has 0 radical (unpaired) electrons. The van der Waals surface area contributed by atoms with Gasteiger partial charge in [-0.25, -0.2) is 20.9 Å². The molecule has 2 saturated heterocycles. The number of rotatable bonds is 23. The first kappa shape index (κ1) is 50.7. The largest absolute Gasteiger partial charge is 0.445 e. The summed E-state index contributed by atoms with van der Waals surface area (Å²) in [7, 11) is 0. The number of nitrogens with zero attached hydrogens (tertiary/aromatic N) is 2. The van der Waals surface area contributed by atoms with Gasteiger partial charge in [0, 0.05) is 76.3 Å². The molecule has 0 bridgehead atoms. The number of hydrogen-bond acceptors (Lipinski definition) is 12. The Labute approximate surface area is 387 Å². The molecule has 2 atom stereocenters. The van der Waals surface area contributed by atoms with Crippen molar-refractivity contribution >= 4 is 11.8 Å². The Hall–Kier alpha value is -3.66. The van der Waals surface area contributed by atoms with Crippen LogP contribution in [0, 0.1) is 25.7 Å². The first-order valence-electron chi connectivity index (χ1n) is 25.2. The lowest BCUT2D eigenvalue weighted by Gasteiger charge is -2.22. The third-order valence-electron chi connectivity index (χ3n) is 14.1. The smallest absolute Gasteiger partial charge is 0.244 e. The zero-order valence-corrected chi connectivity index (χ0v) is 39.6. The second-order valence-corrected chi connectivity index (χ2v) is 19.2. The van der Waals surface area contributed by atoms with Gasteiger partial charge in [0.2, 0.25) is 11.8 Å². The molecule has 2 aromatic heterocycles. The maximum Gasteiger partial charge on any atom is 0.244 e. The van der Waals surface area contributed by atoms with Gasteiger partial charge in [0.15, 0.2) is 11.8 Å². The molecule has 4 fully saturated rings. The molecule has 14 heteroatoms. The average molecular weight is 905 g/mol. The Morgan fingerprint density at radius 1 is 0.662 bits per heavy atom. The number of hydroxylamine groups is 2. The SMILES string of the molecule is Cc1oc([C@H](CCCC2CCCCC2)CC(=O)NO)nc1CNC1CCOCC1.Cc1oc([C@H](CCCC2CCCCC2)CC(=O)NOCc2ccccc2)nc1CNC1CCOCC1. The highest BCUT2D eigenvalue weighted by Crippen LogP contribution is 2.34. The van der Waals surface area contributed by atoms with Crippen molar-refractivity contribution in [3.05, 3.63) is 70.6 Å². The summed E-state index contributed by atoms with van der Waals surface area (Å²) in [4.78, 5) is 39.7. The quantitative estimate of drug-likeness (QED) is 0.0450. The van der Waals surface area contributed by atoms with Crippen molar-refractivity contribution in [2.75, 3.05) is 26.4 Å². The van der Waals surface area contributed by atoms with Gasteiger partial charge in [-0.2, -0.15) is 0 Å². The number of benzene rings is 1. The molecule has 0 unspecified atom stereocenters. The van der Waals surface area contributed by atoms with Crippen LogP contribution in [0.4, 0.5) is 0 Å². The molecule has 2 aliphatic heterocycles. The second-order valence-electron chi connectivity index (χ2n) is 19.2. The van der Waals surface area contributed by atoms with E-state index in [-0.39, 0.29) is 30.1 Å². The first-order chi connectivity index (χ1) is 31.8. The molecular weight excluding hydrogens is 825 g/mol. The van der Waals surface area contributed by atoms with Gasteiger partial charge in [-0.1, -0.05) is 120 Å². The van der Waals surface area contributed by atoms with Crippen LogP contribution in [0.5, 0.6) is 0 Å². The summed E-state index contributed by atoms with van der Waals surface area (Å²) in [6.07, 6.45) is 24.5. The first-order valence-corrected chi connectivity index (χ1v) is 25.2. The highest BCUT2D eigenvalue weighted by atomic mass is 16.6. The highest BCUT2D eigenvalue weighted by molar-refractivity contribution is 5.75. The lowest BCUT2D eigenvalue weighted by Crippen LogP contribution is -2.34. The normalized spacial score (nSPS) is 19.0. The second kappa shape index (κ2) is 28.5. The van der Waals surface area contributed by atoms with Gasteiger partial charge in [-0.3, -0.25) is 19.6 Å². The van der Waals surface area contributed by atoms with E-state index >= 15 is 0 Å². The Bertz CT molecular complexity index is 1780. The number of oxazole rings is 2. The fraction of sp³-hybridized carbons (Fsp3) is 0.725. The number of carbonyl (C=O) groups is 2. The van der Waals surface area contributed by atoms with Crippen LogP contribution >= 0.6 is 0 Å². The minimum atomic E-state index is -0.384. The van der Waals surface area contributed by atoms with Gasteiger partial charge >= 0.3 is 0 Å². The molecule has 2 saturated carbocycles. The molecular formula is C51H80N6O8. The van der Waals surface area contributed by atoms with Crippen LogP contribution in [-0.2, 0) is 43.6 Å². The van der Waals surface area contributed by atoms with Crippen molar-refractivity contribution < 1.29 is 37.9 Å². The third-order valence-corrected chi connectivity index (χ3v) is 14.1. The summed E-state index contributed by atoms with van der Waals surface area (Å²) < 4.78 is 23.0. The Balaban J connectivity index is 0.000000221. The molecule has 2 aliphatic carbocycles. The fourth-order valence-corrected chi connectivity index (χ4v) is 10.1. The summed E-state index contributed by atoms with van der Waals surface area (Å²) in [5, 5.41) is 16.1. The molecule has 1 aromatic carbocycles. The molecule has 4 heterocycles. The number of nitrogens with one attached hydrogen (secondary N) is 4. The van der Waals surface area contributed by atoms with Gasteiger partial charge < -0.3 is 28.9 Å². The van der Waals surface area contributed by atoms with Crippen molar-refractivity contribution in [1.29, 1.82) is 0 Å². The lowest BCUT2D eigenvalue weighted by molar-refractivity contribution is -0.135. The van der Waals surface area contributed by atoms with Crippen LogP contribution in [0.15, 0.2) is 39.2 Å². The van der Waals surface area contributed by atoms with E-state index in [1.54, 1.807) is 5.48 Å². The summed E-state index contributed by atoms with van der Waals surface area (Å²) in [6.45, 7) is 8.83. The van der Waals surface area contributed by atoms with Crippen molar-refractivity contribution in [2.45, 2.75) is 199 Å². The van der Waals surface area contributed by atoms with E-state index < -0.39 is 0 Å². The zero-order chi connectivity index (χ0) is 45.5. The molecule has 3 aromatic rings. The van der Waals surface area contributed by atoms with E-state index in [2.05, 4.69) is 16.1 Å². The molecule has 4 aliphatic rings. The van der Waals surface area contributed by atoms with Gasteiger partial charge in [-0.15, -0.1) is 0 Å². The van der Waals surface area contributed by atoms with E-state index in [4.69, 9.17) is 38.3 Å². The molecule has 2 amide bonds. The van der Waals surface area contributed by atoms with Crippen molar-refractivity contribution in [2.24, 2.45) is 11.8 Å². The third kappa shape index (κ3) is 18.2. The number of hydrogen-bond donors (Lipinski definition) is 5. The Kier molecular flexibility index (Phi) is 22.3. The predicted molar refractivity (Wildman–Crippen MR) is 249 cm³/mol. The lowest BCUT2D eigenvalue weighted by atomic mass is 9.84. The Morgan fingerprint density at radius 3 is 1.58 bits per heavy atom. The molecule has 0 spiro atoms. The molecule has 362 valence electrons. The van der Waals surface area contributed by atoms with Crippen molar-refractivity contribution in [1.82, 2.24) is 31.6 Å². The number of ether oxygens (including phenoxy) is 2. The van der Waals surface area contributed by atoms with Gasteiger partial charge in [0.1, 0.15) is 11.5 Å². The molecule has 5 N–H and O–H groups in total. The van der Waals surface area contributed by atoms with Crippen LogP contribution in [0.3, 0.4) is 0 Å². The van der Waals surface area contributed by atoms with E-state index in [0.29, 0.717) is 50.0 Å². The number of aryl methyl sites for hydroxylation is 2. The average Bonchev–Trinajstić information content (AvgIpc) is 3.91. The van der Waals surface area contributed by atoms with Crippen LogP contribution in [0.2, 0.25) is 0 Å². The van der Waals surface area contributed by atoms with Crippen LogP contribution in [-0.4, -0.2) is 65.5 Å². The van der Waals surface area contributed by atoms with Gasteiger partial charge in [-0.05, 0) is 69.8 Å². The standard InChI is InChI=1S/C29H43N3O4.C22H37N3O4/c1-22-27(20-30-26-15-17-34-18-16-26)31-29(36-22)25(14-8-13-23-9-4-2-5-10-23)19-28(33)32-35-21-24-11-6-3-7-12-24;1-16-20(15-23-19-10-12-28-13-11-19)24-22(29-16)18(14-21(26)25-27)9-5-8-17-6-3-2-4-7-17/h3,6-7,11-12,23,25-26,30H,2,4-5,8-10,13-21H2,1H3,(H,32,33);17-19,23,27H,2-15H2,1H3,(H,25,26)/t25-;18-/m11/s1. The van der Waals surface area contributed by atoms with Gasteiger partial charge in [0.05, 0.1) is 18.0 Å². The van der Waals surface area contributed by atoms with E-state index in [1.165, 1.54) is 77.0 Å². The van der Waals surface area contributed by atoms with Crippen molar-refractivity contribution in [3.63, 3.8) is 0 Å². The topological polar surface area (TPSA) is 182 Å². The number of carbonyl (C=O) groups excluding carboxylic acids is 2. The van der Waals surface area contributed by atoms with Gasteiger partial charge in [0.25, 0.3) is 0 Å². The van der Waals surface area contributed by atoms with E-state index in [0.717, 1.165) is 118 Å². The Morgan fingerprint density at radius 2 is 1.12 bits per heavy atom. The molecule has 65 heavy (non-hydrogen) atoms. The van der Waals surface area contributed by atoms with Crippen LogP contribution in [0.25, 0.3) is 0 Å². The maximum atomic E-state index is 12.8. The molecule has 7 rings (SSSR count). The zero-order valence-electron chi connectivity index (χ0n) is 39.6. The summed E-state index contributed by atoms with van der Waals surface area (Å²) in [5.74, 6) is 3.93. The van der Waals surface area contributed by atoms with E-state index in [9.17, 15) is 9.59 Å². The predicted octanol–water partition coefficient (Wildman–Crippen LogP) is 9.71. The summed E-state index contributed by atoms with van der Waals surface area (Å²) >= 11 is 0. The summed E-state index contributed by atoms with van der Waals surface area (Å²) in [6, 6.07) is 10.8. The van der Waals surface area contributed by atoms with Crippen LogP contribution < -0.4 is 21.6 Å². The summed E-state index contributed by atoms with van der Waals surface area (Å²) in [5.41, 5.74) is 7.26. The van der Waals surface area contributed by atoms with Crippen molar-refractivity contribution in [3.8, 4) is 0 Å². The minimum Gasteiger partial charge on any atom is -0.445 e. The minimum absolute atomic E-state index is 0.0514. The van der Waals surface area contributed by atoms with E-state index in [1.807, 2.05) is 44.2 Å². The number of amides is 2.